The molecule has 12 heteroatoms. The second-order valence-electron chi connectivity index (χ2n) is 6.74. The van der Waals surface area contributed by atoms with Gasteiger partial charge in [-0.2, -0.15) is 23.4 Å². The van der Waals surface area contributed by atoms with E-state index in [0.717, 1.165) is 0 Å². The second kappa shape index (κ2) is 6.35. The van der Waals surface area contributed by atoms with Gasteiger partial charge in [-0.3, -0.25) is 9.59 Å². The number of amides is 2. The molecule has 2 aromatic rings. The van der Waals surface area contributed by atoms with E-state index in [0.29, 0.717) is 11.5 Å². The summed E-state index contributed by atoms with van der Waals surface area (Å²) >= 11 is 0. The van der Waals surface area contributed by atoms with E-state index in [1.807, 2.05) is 5.32 Å². The van der Waals surface area contributed by atoms with Crippen LogP contribution in [0.25, 0.3) is 5.82 Å². The Labute approximate surface area is 152 Å². The first-order chi connectivity index (χ1) is 12.5. The third-order valence-corrected chi connectivity index (χ3v) is 4.47. The topological polar surface area (TPSA) is 97.9 Å². The summed E-state index contributed by atoms with van der Waals surface area (Å²) < 4.78 is 40.5. The molecule has 1 unspecified atom stereocenters. The van der Waals surface area contributed by atoms with E-state index in [2.05, 4.69) is 15.2 Å². The molecule has 0 aromatic carbocycles. The number of hydrogen-bond acceptors (Lipinski definition) is 5. The number of alkyl halides is 3. The van der Waals surface area contributed by atoms with E-state index in [-0.39, 0.29) is 25.1 Å². The predicted molar refractivity (Wildman–Crippen MR) is 86.0 cm³/mol. The van der Waals surface area contributed by atoms with Crippen LogP contribution in [0.15, 0.2) is 12.7 Å². The largest absolute Gasteiger partial charge is 0.471 e. The number of rotatable bonds is 3. The van der Waals surface area contributed by atoms with Crippen LogP contribution >= 0.6 is 0 Å². The Morgan fingerprint density at radius 3 is 2.63 bits per heavy atom. The van der Waals surface area contributed by atoms with Crippen molar-refractivity contribution in [3.05, 3.63) is 23.9 Å². The maximum atomic E-state index is 13.0. The van der Waals surface area contributed by atoms with Crippen molar-refractivity contribution in [2.75, 3.05) is 13.1 Å². The highest BCUT2D eigenvalue weighted by Gasteiger charge is 2.45. The summed E-state index contributed by atoms with van der Waals surface area (Å²) in [5.41, 5.74) is -0.415. The number of nitrogens with one attached hydrogen (secondary N) is 1. The van der Waals surface area contributed by atoms with Crippen LogP contribution in [0.3, 0.4) is 0 Å². The first kappa shape index (κ1) is 18.9. The quantitative estimate of drug-likeness (QED) is 0.834. The van der Waals surface area contributed by atoms with Crippen LogP contribution in [0.1, 0.15) is 29.4 Å². The van der Waals surface area contributed by atoms with Gasteiger partial charge < -0.3 is 10.2 Å². The Hall–Kier alpha value is -2.92. The van der Waals surface area contributed by atoms with Crippen molar-refractivity contribution < 1.29 is 22.8 Å². The molecule has 0 aliphatic carbocycles. The molecule has 1 N–H and O–H groups in total. The Morgan fingerprint density at radius 2 is 2.04 bits per heavy atom. The number of aromatic nitrogens is 5. The molecule has 1 saturated heterocycles. The van der Waals surface area contributed by atoms with E-state index < -0.39 is 23.5 Å². The SMILES string of the molecule is Cc1nn(C)c(-n2cncn2)c1C(=O)N1CCC(C)(NC(=O)C(F)(F)F)C1. The van der Waals surface area contributed by atoms with Gasteiger partial charge in [-0.05, 0) is 20.3 Å². The fourth-order valence-electron chi connectivity index (χ4n) is 3.22. The highest BCUT2D eigenvalue weighted by molar-refractivity contribution is 5.98. The zero-order valence-electron chi connectivity index (χ0n) is 14.9. The monoisotopic (exact) mass is 385 g/mol. The van der Waals surface area contributed by atoms with E-state index in [9.17, 15) is 22.8 Å². The van der Waals surface area contributed by atoms with Crippen molar-refractivity contribution in [2.45, 2.75) is 32.0 Å². The van der Waals surface area contributed by atoms with Gasteiger partial charge in [0.15, 0.2) is 5.82 Å². The number of carbonyl (C=O) groups excluding carboxylic acids is 2. The predicted octanol–water partition coefficient (Wildman–Crippen LogP) is 0.592. The molecule has 0 spiro atoms. The normalized spacial score (nSPS) is 20.1. The van der Waals surface area contributed by atoms with Crippen LogP contribution in [0.2, 0.25) is 0 Å². The average molecular weight is 385 g/mol. The summed E-state index contributed by atoms with van der Waals surface area (Å²) in [5, 5.41) is 10.2. The standard InChI is InChI=1S/C15H18F3N7O2/c1-9-10(11(23(3)22-9)25-8-19-7-20-25)12(26)24-5-4-14(2,6-24)21-13(27)15(16,17)18/h7-8H,4-6H2,1-3H3,(H,21,27). The van der Waals surface area contributed by atoms with Crippen LogP contribution in [-0.4, -0.2) is 66.1 Å². The van der Waals surface area contributed by atoms with E-state index in [1.54, 1.807) is 14.0 Å². The van der Waals surface area contributed by atoms with Gasteiger partial charge in [-0.25, -0.2) is 14.3 Å². The Balaban J connectivity index is 1.84. The van der Waals surface area contributed by atoms with Gasteiger partial charge in [-0.15, -0.1) is 0 Å². The van der Waals surface area contributed by atoms with Crippen LogP contribution in [0.4, 0.5) is 13.2 Å². The van der Waals surface area contributed by atoms with Crippen molar-refractivity contribution in [3.63, 3.8) is 0 Å². The molecule has 0 bridgehead atoms. The van der Waals surface area contributed by atoms with E-state index in [1.165, 1.54) is 33.8 Å². The minimum atomic E-state index is -4.97. The molecular weight excluding hydrogens is 367 g/mol. The Bertz CT molecular complexity index is 875. The zero-order valence-corrected chi connectivity index (χ0v) is 14.9. The van der Waals surface area contributed by atoms with Gasteiger partial charge in [0.1, 0.15) is 18.2 Å². The number of likely N-dealkylation sites (tertiary alicyclic amines) is 1. The molecular formula is C15H18F3N7O2. The lowest BCUT2D eigenvalue weighted by Gasteiger charge is -2.26. The molecule has 1 atom stereocenters. The molecule has 1 aliphatic rings. The molecule has 1 aliphatic heterocycles. The van der Waals surface area contributed by atoms with Crippen LogP contribution in [0.5, 0.6) is 0 Å². The minimum absolute atomic E-state index is 0.0429. The maximum Gasteiger partial charge on any atom is 0.471 e. The molecule has 3 heterocycles. The molecule has 3 rings (SSSR count). The molecule has 2 amide bonds. The van der Waals surface area contributed by atoms with Crippen molar-refractivity contribution in [3.8, 4) is 5.82 Å². The van der Waals surface area contributed by atoms with Gasteiger partial charge >= 0.3 is 12.1 Å². The third kappa shape index (κ3) is 3.51. The summed E-state index contributed by atoms with van der Waals surface area (Å²) in [6, 6.07) is 0. The van der Waals surface area contributed by atoms with Crippen molar-refractivity contribution in [2.24, 2.45) is 7.05 Å². The summed E-state index contributed by atoms with van der Waals surface area (Å²) in [7, 11) is 1.65. The number of halogens is 3. The van der Waals surface area contributed by atoms with Gasteiger partial charge in [0.05, 0.1) is 11.2 Å². The highest BCUT2D eigenvalue weighted by atomic mass is 19.4. The van der Waals surface area contributed by atoms with Crippen LogP contribution < -0.4 is 5.32 Å². The first-order valence-corrected chi connectivity index (χ1v) is 8.09. The molecule has 27 heavy (non-hydrogen) atoms. The van der Waals surface area contributed by atoms with Crippen LogP contribution in [-0.2, 0) is 11.8 Å². The first-order valence-electron chi connectivity index (χ1n) is 8.09. The summed E-state index contributed by atoms with van der Waals surface area (Å²) in [4.78, 5) is 29.6. The summed E-state index contributed by atoms with van der Waals surface area (Å²) in [6.45, 7) is 3.31. The minimum Gasteiger partial charge on any atom is -0.341 e. The lowest BCUT2D eigenvalue weighted by Crippen LogP contribution is -2.52. The van der Waals surface area contributed by atoms with Gasteiger partial charge in [0.2, 0.25) is 0 Å². The van der Waals surface area contributed by atoms with Crippen LogP contribution in [0, 0.1) is 6.92 Å². The Kier molecular flexibility index (Phi) is 4.44. The molecule has 0 radical (unpaired) electrons. The number of carbonyl (C=O) groups is 2. The maximum absolute atomic E-state index is 13.0. The van der Waals surface area contributed by atoms with Crippen molar-refractivity contribution in [1.29, 1.82) is 0 Å². The van der Waals surface area contributed by atoms with Gasteiger partial charge in [0.25, 0.3) is 5.91 Å². The number of nitrogens with zero attached hydrogens (tertiary/aromatic N) is 6. The smallest absolute Gasteiger partial charge is 0.341 e. The average Bonchev–Trinajstić information content (AvgIpc) is 3.25. The number of hydrogen-bond donors (Lipinski definition) is 1. The van der Waals surface area contributed by atoms with Crippen molar-refractivity contribution in [1.82, 2.24) is 34.8 Å². The van der Waals surface area contributed by atoms with E-state index >= 15 is 0 Å². The molecule has 0 saturated carbocycles. The fraction of sp³-hybridized carbons (Fsp3) is 0.533. The molecule has 1 fully saturated rings. The highest BCUT2D eigenvalue weighted by Crippen LogP contribution is 2.27. The third-order valence-electron chi connectivity index (χ3n) is 4.47. The summed E-state index contributed by atoms with van der Waals surface area (Å²) in [6.07, 6.45) is -2.03. The molecule has 146 valence electrons. The van der Waals surface area contributed by atoms with Crippen molar-refractivity contribution >= 4 is 11.8 Å². The van der Waals surface area contributed by atoms with E-state index in [4.69, 9.17) is 0 Å². The molecule has 9 nitrogen and oxygen atoms in total. The van der Waals surface area contributed by atoms with Gasteiger partial charge in [0, 0.05) is 20.1 Å². The number of aryl methyl sites for hydroxylation is 2. The molecule has 2 aromatic heterocycles. The van der Waals surface area contributed by atoms with Gasteiger partial charge in [-0.1, -0.05) is 0 Å². The second-order valence-corrected chi connectivity index (χ2v) is 6.74. The lowest BCUT2D eigenvalue weighted by atomic mass is 10.0. The lowest BCUT2D eigenvalue weighted by molar-refractivity contribution is -0.175. The fourth-order valence-corrected chi connectivity index (χ4v) is 3.22. The summed E-state index contributed by atoms with van der Waals surface area (Å²) in [5.74, 6) is -2.00. The Morgan fingerprint density at radius 1 is 1.33 bits per heavy atom. The zero-order chi connectivity index (χ0) is 20.0.